The first-order valence-corrected chi connectivity index (χ1v) is 4.16. The van der Waals surface area contributed by atoms with Crippen LogP contribution in [0.15, 0.2) is 6.07 Å². The summed E-state index contributed by atoms with van der Waals surface area (Å²) in [6, 6.07) is 1.15. The van der Waals surface area contributed by atoms with Gasteiger partial charge in [0, 0.05) is 5.56 Å². The molecule has 1 aromatic carbocycles. The molecule has 5 heteroatoms. The van der Waals surface area contributed by atoms with Crippen LogP contribution in [0.25, 0.3) is 0 Å². The molecule has 0 aliphatic carbocycles. The van der Waals surface area contributed by atoms with Crippen molar-refractivity contribution >= 4 is 11.9 Å². The van der Waals surface area contributed by atoms with Gasteiger partial charge in [0.25, 0.3) is 0 Å². The second-order valence-electron chi connectivity index (χ2n) is 3.20. The Morgan fingerprint density at radius 3 is 2.07 bits per heavy atom. The van der Waals surface area contributed by atoms with Gasteiger partial charge < -0.3 is 15.3 Å². The molecule has 5 nitrogen and oxygen atoms in total. The lowest BCUT2D eigenvalue weighted by Gasteiger charge is -2.09. The number of aromatic carboxylic acids is 2. The summed E-state index contributed by atoms with van der Waals surface area (Å²) in [5.74, 6) is -2.96. The Morgan fingerprint density at radius 2 is 1.67 bits per heavy atom. The number of aryl methyl sites for hydroxylation is 1. The van der Waals surface area contributed by atoms with E-state index in [1.807, 2.05) is 0 Å². The van der Waals surface area contributed by atoms with Crippen molar-refractivity contribution in [1.29, 1.82) is 0 Å². The van der Waals surface area contributed by atoms with E-state index < -0.39 is 17.7 Å². The topological polar surface area (TPSA) is 94.8 Å². The summed E-state index contributed by atoms with van der Waals surface area (Å²) in [5.41, 5.74) is 0.0441. The lowest BCUT2D eigenvalue weighted by Crippen LogP contribution is -2.07. The third-order valence-corrected chi connectivity index (χ3v) is 2.18. The molecule has 0 unspecified atom stereocenters. The number of rotatable bonds is 2. The van der Waals surface area contributed by atoms with Crippen LogP contribution in [-0.2, 0) is 0 Å². The summed E-state index contributed by atoms with van der Waals surface area (Å²) >= 11 is 0. The molecule has 1 rings (SSSR count). The molecule has 0 saturated carbocycles. The van der Waals surface area contributed by atoms with E-state index in [1.165, 1.54) is 13.8 Å². The fourth-order valence-corrected chi connectivity index (χ4v) is 1.47. The van der Waals surface area contributed by atoms with Crippen LogP contribution < -0.4 is 0 Å². The van der Waals surface area contributed by atoms with Crippen LogP contribution >= 0.6 is 0 Å². The average Bonchev–Trinajstić information content (AvgIpc) is 2.10. The van der Waals surface area contributed by atoms with E-state index in [9.17, 15) is 14.7 Å². The Balaban J connectivity index is 3.58. The van der Waals surface area contributed by atoms with Gasteiger partial charge in [-0.1, -0.05) is 0 Å². The summed E-state index contributed by atoms with van der Waals surface area (Å²) in [5, 5.41) is 27.1. The van der Waals surface area contributed by atoms with E-state index in [1.54, 1.807) is 0 Å². The fraction of sp³-hybridized carbons (Fsp3) is 0.200. The van der Waals surface area contributed by atoms with E-state index >= 15 is 0 Å². The standard InChI is InChI=1S/C10H10O5/c1-4-3-6(9(12)13)8(11)5(2)7(4)10(14)15/h3,11H,1-2H3,(H,12,13)(H,14,15). The molecule has 0 fully saturated rings. The third-order valence-electron chi connectivity index (χ3n) is 2.18. The lowest BCUT2D eigenvalue weighted by atomic mass is 9.98. The predicted octanol–water partition coefficient (Wildman–Crippen LogP) is 1.41. The molecule has 15 heavy (non-hydrogen) atoms. The van der Waals surface area contributed by atoms with Crippen LogP contribution in [0.2, 0.25) is 0 Å². The fourth-order valence-electron chi connectivity index (χ4n) is 1.47. The average molecular weight is 210 g/mol. The minimum absolute atomic E-state index is 0.0579. The largest absolute Gasteiger partial charge is 0.507 e. The number of carbonyl (C=O) groups is 2. The van der Waals surface area contributed by atoms with E-state index in [0.29, 0.717) is 5.56 Å². The second kappa shape index (κ2) is 3.61. The SMILES string of the molecule is Cc1cc(C(=O)O)c(O)c(C)c1C(=O)O. The number of phenols is 1. The van der Waals surface area contributed by atoms with E-state index in [4.69, 9.17) is 10.2 Å². The van der Waals surface area contributed by atoms with Gasteiger partial charge in [0.15, 0.2) is 0 Å². The highest BCUT2D eigenvalue weighted by molar-refractivity contribution is 5.97. The van der Waals surface area contributed by atoms with E-state index in [2.05, 4.69) is 0 Å². The molecule has 0 aliphatic rings. The maximum atomic E-state index is 10.8. The molecular weight excluding hydrogens is 200 g/mol. The van der Waals surface area contributed by atoms with Crippen molar-refractivity contribution in [2.45, 2.75) is 13.8 Å². The zero-order chi connectivity index (χ0) is 11.7. The van der Waals surface area contributed by atoms with Crippen LogP contribution in [-0.4, -0.2) is 27.3 Å². The molecule has 0 aliphatic heterocycles. The Bertz CT molecular complexity index is 448. The number of carboxylic acid groups (broad SMARTS) is 2. The Hall–Kier alpha value is -2.04. The van der Waals surface area contributed by atoms with Gasteiger partial charge in [-0.05, 0) is 25.5 Å². The first kappa shape index (κ1) is 11.0. The quantitative estimate of drug-likeness (QED) is 0.685. The summed E-state index contributed by atoms with van der Waals surface area (Å²) < 4.78 is 0. The highest BCUT2D eigenvalue weighted by Crippen LogP contribution is 2.28. The number of carboxylic acids is 2. The molecule has 0 spiro atoms. The number of hydrogen-bond acceptors (Lipinski definition) is 3. The van der Waals surface area contributed by atoms with Crippen molar-refractivity contribution in [1.82, 2.24) is 0 Å². The zero-order valence-electron chi connectivity index (χ0n) is 8.24. The second-order valence-corrected chi connectivity index (χ2v) is 3.20. The van der Waals surface area contributed by atoms with Crippen LogP contribution in [0.4, 0.5) is 0 Å². The van der Waals surface area contributed by atoms with Crippen molar-refractivity contribution in [3.63, 3.8) is 0 Å². The third kappa shape index (κ3) is 1.76. The number of hydrogen-bond donors (Lipinski definition) is 3. The highest BCUT2D eigenvalue weighted by Gasteiger charge is 2.20. The predicted molar refractivity (Wildman–Crippen MR) is 51.5 cm³/mol. The monoisotopic (exact) mass is 210 g/mol. The molecule has 0 radical (unpaired) electrons. The molecule has 0 saturated heterocycles. The molecule has 0 bridgehead atoms. The molecule has 0 aromatic heterocycles. The normalized spacial score (nSPS) is 10.0. The first-order chi connectivity index (χ1) is 6.86. The van der Waals surface area contributed by atoms with Crippen LogP contribution in [0, 0.1) is 13.8 Å². The van der Waals surface area contributed by atoms with Gasteiger partial charge in [0.05, 0.1) is 5.56 Å². The van der Waals surface area contributed by atoms with Crippen LogP contribution in [0.3, 0.4) is 0 Å². The minimum atomic E-state index is -1.28. The summed E-state index contributed by atoms with van der Waals surface area (Å²) in [7, 11) is 0. The van der Waals surface area contributed by atoms with Crippen LogP contribution in [0.1, 0.15) is 31.8 Å². The Morgan fingerprint density at radius 1 is 1.13 bits per heavy atom. The highest BCUT2D eigenvalue weighted by atomic mass is 16.4. The van der Waals surface area contributed by atoms with Gasteiger partial charge in [0.1, 0.15) is 11.3 Å². The smallest absolute Gasteiger partial charge is 0.339 e. The number of aromatic hydroxyl groups is 1. The first-order valence-electron chi connectivity index (χ1n) is 4.16. The molecular formula is C10H10O5. The summed E-state index contributed by atoms with van der Waals surface area (Å²) in [4.78, 5) is 21.5. The van der Waals surface area contributed by atoms with Gasteiger partial charge >= 0.3 is 11.9 Å². The molecule has 1 aromatic rings. The van der Waals surface area contributed by atoms with Crippen molar-refractivity contribution in [3.05, 3.63) is 28.3 Å². The molecule has 3 N–H and O–H groups in total. The zero-order valence-corrected chi connectivity index (χ0v) is 8.24. The van der Waals surface area contributed by atoms with E-state index in [0.717, 1.165) is 6.07 Å². The van der Waals surface area contributed by atoms with Gasteiger partial charge in [-0.15, -0.1) is 0 Å². The molecule has 0 heterocycles. The molecule has 80 valence electrons. The van der Waals surface area contributed by atoms with Gasteiger partial charge in [-0.2, -0.15) is 0 Å². The Labute approximate surface area is 85.6 Å². The van der Waals surface area contributed by atoms with Crippen LogP contribution in [0.5, 0.6) is 5.75 Å². The Kier molecular flexibility index (Phi) is 2.65. The summed E-state index contributed by atoms with van der Waals surface area (Å²) in [6.45, 7) is 2.86. The minimum Gasteiger partial charge on any atom is -0.507 e. The lowest BCUT2D eigenvalue weighted by molar-refractivity contribution is 0.0676. The maximum absolute atomic E-state index is 10.8. The molecule has 0 amide bonds. The van der Waals surface area contributed by atoms with Gasteiger partial charge in [0.2, 0.25) is 0 Å². The summed E-state index contributed by atoms with van der Waals surface area (Å²) in [6.07, 6.45) is 0. The van der Waals surface area contributed by atoms with Crippen molar-refractivity contribution in [3.8, 4) is 5.75 Å². The van der Waals surface area contributed by atoms with Gasteiger partial charge in [-0.3, -0.25) is 0 Å². The van der Waals surface area contributed by atoms with Crippen molar-refractivity contribution in [2.75, 3.05) is 0 Å². The van der Waals surface area contributed by atoms with Crippen molar-refractivity contribution < 1.29 is 24.9 Å². The van der Waals surface area contributed by atoms with Crippen molar-refractivity contribution in [2.24, 2.45) is 0 Å². The molecule has 0 atom stereocenters. The van der Waals surface area contributed by atoms with Gasteiger partial charge in [-0.25, -0.2) is 9.59 Å². The van der Waals surface area contributed by atoms with E-state index in [-0.39, 0.29) is 16.7 Å². The maximum Gasteiger partial charge on any atom is 0.339 e. The number of benzene rings is 1.